The lowest BCUT2D eigenvalue weighted by Gasteiger charge is -2.30. The van der Waals surface area contributed by atoms with Gasteiger partial charge in [-0.15, -0.1) is 0 Å². The number of hydrogen-bond acceptors (Lipinski definition) is 4. The molecule has 1 aromatic heterocycles. The first-order valence-electron chi connectivity index (χ1n) is 13.5. The van der Waals surface area contributed by atoms with Gasteiger partial charge in [-0.05, 0) is 100 Å². The number of hydrogen-bond donors (Lipinski definition) is 1. The van der Waals surface area contributed by atoms with Crippen molar-refractivity contribution in [3.63, 3.8) is 0 Å². The minimum Gasteiger partial charge on any atom is -0.391 e. The maximum absolute atomic E-state index is 13.0. The van der Waals surface area contributed by atoms with Crippen LogP contribution in [0.4, 0.5) is 0 Å². The molecule has 0 unspecified atom stereocenters. The predicted molar refractivity (Wildman–Crippen MR) is 136 cm³/mol. The second-order valence-corrected chi connectivity index (χ2v) is 11.1. The Kier molecular flexibility index (Phi) is 7.10. The molecule has 1 aromatic carbocycles. The van der Waals surface area contributed by atoms with Crippen LogP contribution in [0.15, 0.2) is 18.2 Å². The van der Waals surface area contributed by atoms with Crippen molar-refractivity contribution in [1.82, 2.24) is 14.7 Å². The Morgan fingerprint density at radius 2 is 1.89 bits per heavy atom. The lowest BCUT2D eigenvalue weighted by molar-refractivity contribution is -0.120. The van der Waals surface area contributed by atoms with Crippen LogP contribution in [0.5, 0.6) is 0 Å². The van der Waals surface area contributed by atoms with E-state index in [1.165, 1.54) is 42.4 Å². The summed E-state index contributed by atoms with van der Waals surface area (Å²) in [7, 11) is 0. The van der Waals surface area contributed by atoms with Crippen LogP contribution in [-0.2, 0) is 24.2 Å². The van der Waals surface area contributed by atoms with Crippen molar-refractivity contribution in [2.75, 3.05) is 13.1 Å². The van der Waals surface area contributed by atoms with Crippen molar-refractivity contribution < 1.29 is 14.7 Å². The van der Waals surface area contributed by atoms with Crippen molar-refractivity contribution in [2.45, 2.75) is 96.6 Å². The van der Waals surface area contributed by atoms with Gasteiger partial charge in [-0.25, -0.2) is 0 Å². The molecule has 2 fully saturated rings. The van der Waals surface area contributed by atoms with E-state index in [2.05, 4.69) is 37.1 Å². The number of β-amino-alcohol motifs (C(OH)–C–C–N with tert-alkyl or cyclic N) is 1. The second-order valence-electron chi connectivity index (χ2n) is 11.1. The molecule has 1 saturated carbocycles. The highest BCUT2D eigenvalue weighted by Gasteiger charge is 2.32. The van der Waals surface area contributed by atoms with Crippen LogP contribution in [0.3, 0.4) is 0 Å². The first-order chi connectivity index (χ1) is 16.9. The van der Waals surface area contributed by atoms with Gasteiger partial charge >= 0.3 is 0 Å². The molecule has 0 bridgehead atoms. The van der Waals surface area contributed by atoms with Crippen LogP contribution in [0.25, 0.3) is 0 Å². The number of amides is 1. The number of nitrogens with zero attached hydrogens (tertiary/aromatic N) is 3. The molecule has 188 valence electrons. The first-order valence-corrected chi connectivity index (χ1v) is 13.5. The van der Waals surface area contributed by atoms with E-state index < -0.39 is 6.10 Å². The summed E-state index contributed by atoms with van der Waals surface area (Å²) in [5.74, 6) is 1.41. The number of ketones is 1. The normalized spacial score (nSPS) is 24.1. The smallest absolute Gasteiger partial charge is 0.274 e. The summed E-state index contributed by atoms with van der Waals surface area (Å²) in [6.45, 7) is 5.67. The summed E-state index contributed by atoms with van der Waals surface area (Å²) < 4.78 is 1.81. The number of fused-ring (bicyclic) bond motifs is 1. The predicted octanol–water partition coefficient (Wildman–Crippen LogP) is 4.52. The van der Waals surface area contributed by atoms with Crippen LogP contribution >= 0.6 is 0 Å². The van der Waals surface area contributed by atoms with E-state index in [9.17, 15) is 14.7 Å². The molecule has 2 aliphatic carbocycles. The summed E-state index contributed by atoms with van der Waals surface area (Å²) in [5, 5.41) is 14.4. The molecule has 6 nitrogen and oxygen atoms in total. The van der Waals surface area contributed by atoms with Gasteiger partial charge in [0, 0.05) is 30.8 Å². The Labute approximate surface area is 208 Å². The van der Waals surface area contributed by atoms with E-state index in [0.29, 0.717) is 43.5 Å². The number of benzene rings is 1. The highest BCUT2D eigenvalue weighted by molar-refractivity contribution is 5.94. The van der Waals surface area contributed by atoms with Crippen molar-refractivity contribution >= 4 is 11.7 Å². The van der Waals surface area contributed by atoms with Gasteiger partial charge in [-0.2, -0.15) is 5.10 Å². The lowest BCUT2D eigenvalue weighted by atomic mass is 9.75. The molecule has 2 heterocycles. The van der Waals surface area contributed by atoms with E-state index in [0.717, 1.165) is 36.9 Å². The number of Topliss-reactive ketones (excluding diaryl/α,β-unsaturated/α-hetero) is 1. The SMILES string of the molecule is Cc1cccc(C2CCC(CCC(=O)Cn3nc(C(=O)N4CC[C@H](O)C4)c4c3CCC4)CC2)c1C. The van der Waals surface area contributed by atoms with Gasteiger partial charge in [0.2, 0.25) is 0 Å². The Bertz CT molecular complexity index is 1100. The summed E-state index contributed by atoms with van der Waals surface area (Å²) in [6.07, 6.45) is 9.30. The van der Waals surface area contributed by atoms with Gasteiger partial charge in [0.05, 0.1) is 12.6 Å². The summed E-state index contributed by atoms with van der Waals surface area (Å²) >= 11 is 0. The topological polar surface area (TPSA) is 75.4 Å². The van der Waals surface area contributed by atoms with Gasteiger partial charge in [-0.3, -0.25) is 14.3 Å². The number of rotatable bonds is 7. The minimum absolute atomic E-state index is 0.0912. The molecule has 6 heteroatoms. The van der Waals surface area contributed by atoms with E-state index in [1.54, 1.807) is 4.90 Å². The first kappa shape index (κ1) is 24.2. The zero-order valence-electron chi connectivity index (χ0n) is 21.3. The molecule has 3 aliphatic rings. The van der Waals surface area contributed by atoms with Gasteiger partial charge in [0.15, 0.2) is 11.5 Å². The summed E-state index contributed by atoms with van der Waals surface area (Å²) in [6, 6.07) is 6.67. The highest BCUT2D eigenvalue weighted by Crippen LogP contribution is 2.39. The Morgan fingerprint density at radius 1 is 1.09 bits per heavy atom. The third-order valence-corrected chi connectivity index (χ3v) is 8.75. The molecule has 5 rings (SSSR count). The third-order valence-electron chi connectivity index (χ3n) is 8.75. The number of likely N-dealkylation sites (tertiary alicyclic amines) is 1. The number of aromatic nitrogens is 2. The van der Waals surface area contributed by atoms with Crippen LogP contribution in [-0.4, -0.2) is 50.7 Å². The molecule has 35 heavy (non-hydrogen) atoms. The molecule has 1 N–H and O–H groups in total. The zero-order chi connectivity index (χ0) is 24.5. The van der Waals surface area contributed by atoms with Crippen LogP contribution < -0.4 is 0 Å². The Balaban J connectivity index is 1.14. The molecule has 1 atom stereocenters. The fourth-order valence-electron chi connectivity index (χ4n) is 6.48. The van der Waals surface area contributed by atoms with E-state index in [4.69, 9.17) is 0 Å². The molecule has 2 aromatic rings. The minimum atomic E-state index is -0.438. The second kappa shape index (κ2) is 10.3. The van der Waals surface area contributed by atoms with E-state index in [1.807, 2.05) is 4.68 Å². The fourth-order valence-corrected chi connectivity index (χ4v) is 6.48. The number of aliphatic hydroxyl groups excluding tert-OH is 1. The molecule has 0 radical (unpaired) electrons. The van der Waals surface area contributed by atoms with Crippen molar-refractivity contribution in [3.05, 3.63) is 51.8 Å². The number of carbonyl (C=O) groups is 2. The average molecular weight is 478 g/mol. The van der Waals surface area contributed by atoms with Gasteiger partial charge in [-0.1, -0.05) is 18.2 Å². The maximum atomic E-state index is 13.0. The summed E-state index contributed by atoms with van der Waals surface area (Å²) in [4.78, 5) is 27.6. The third kappa shape index (κ3) is 5.09. The zero-order valence-corrected chi connectivity index (χ0v) is 21.3. The Hall–Kier alpha value is -2.47. The monoisotopic (exact) mass is 477 g/mol. The van der Waals surface area contributed by atoms with Gasteiger partial charge < -0.3 is 10.0 Å². The molecule has 1 amide bonds. The molecule has 1 saturated heterocycles. The lowest BCUT2D eigenvalue weighted by Crippen LogP contribution is -2.30. The van der Waals surface area contributed by atoms with E-state index >= 15 is 0 Å². The molecular formula is C29H39N3O3. The van der Waals surface area contributed by atoms with Crippen molar-refractivity contribution in [3.8, 4) is 0 Å². The molecule has 0 spiro atoms. The van der Waals surface area contributed by atoms with Crippen LogP contribution in [0.1, 0.15) is 95.7 Å². The largest absolute Gasteiger partial charge is 0.391 e. The van der Waals surface area contributed by atoms with Gasteiger partial charge in [0.1, 0.15) is 0 Å². The molecular weight excluding hydrogens is 438 g/mol. The highest BCUT2D eigenvalue weighted by atomic mass is 16.3. The molecule has 1 aliphatic heterocycles. The number of aliphatic hydroxyl groups is 1. The number of aryl methyl sites for hydroxylation is 1. The van der Waals surface area contributed by atoms with Crippen molar-refractivity contribution in [2.24, 2.45) is 5.92 Å². The standard InChI is InChI=1S/C29H39N3O3/c1-19-5-3-6-25(20(19)2)22-12-9-21(10-13-22)11-14-23(33)18-32-27-8-4-7-26(27)28(30-32)29(35)31-16-15-24(34)17-31/h3,5-6,21-22,24,34H,4,7-18H2,1-2H3/t21?,22?,24-/m0/s1. The fraction of sp³-hybridized carbons (Fsp3) is 0.621. The van der Waals surface area contributed by atoms with E-state index in [-0.39, 0.29) is 18.2 Å². The van der Waals surface area contributed by atoms with Gasteiger partial charge in [0.25, 0.3) is 5.91 Å². The van der Waals surface area contributed by atoms with Crippen LogP contribution in [0.2, 0.25) is 0 Å². The summed E-state index contributed by atoms with van der Waals surface area (Å²) in [5.41, 5.74) is 6.93. The quantitative estimate of drug-likeness (QED) is 0.636. The number of carbonyl (C=O) groups excluding carboxylic acids is 2. The average Bonchev–Trinajstić information content (AvgIpc) is 3.58. The Morgan fingerprint density at radius 3 is 2.63 bits per heavy atom. The maximum Gasteiger partial charge on any atom is 0.274 e. The van der Waals surface area contributed by atoms with Crippen molar-refractivity contribution in [1.29, 1.82) is 0 Å². The van der Waals surface area contributed by atoms with Crippen LogP contribution in [0, 0.1) is 19.8 Å².